The molecule has 13 heavy (non-hydrogen) atoms. The molecular weight excluding hydrogens is 172 g/mol. The van der Waals surface area contributed by atoms with Gasteiger partial charge < -0.3 is 9.47 Å². The van der Waals surface area contributed by atoms with Gasteiger partial charge >= 0.3 is 5.97 Å². The van der Waals surface area contributed by atoms with Crippen molar-refractivity contribution in [2.75, 3.05) is 13.7 Å². The molecule has 1 heterocycles. The Kier molecular flexibility index (Phi) is 3.89. The lowest BCUT2D eigenvalue weighted by molar-refractivity contribution is -0.143. The van der Waals surface area contributed by atoms with E-state index in [0.29, 0.717) is 19.4 Å². The number of methoxy groups -OCH3 is 1. The third-order valence-electron chi connectivity index (χ3n) is 2.08. The fraction of sp³-hybridized carbons (Fsp3) is 0.778. The molecule has 0 N–H and O–H groups in total. The number of carbonyl (C=O) groups excluding carboxylic acids is 2. The molecule has 1 aliphatic heterocycles. The topological polar surface area (TPSA) is 52.6 Å². The van der Waals surface area contributed by atoms with Crippen molar-refractivity contribution >= 4 is 11.8 Å². The van der Waals surface area contributed by atoms with Crippen molar-refractivity contribution in [1.29, 1.82) is 0 Å². The minimum absolute atomic E-state index is 0.107. The Hall–Kier alpha value is -0.900. The molecule has 1 aliphatic rings. The number of esters is 1. The first-order valence-corrected chi connectivity index (χ1v) is 4.45. The van der Waals surface area contributed by atoms with E-state index in [0.717, 1.165) is 6.42 Å². The lowest BCUT2D eigenvalue weighted by Crippen LogP contribution is -2.30. The first-order chi connectivity index (χ1) is 6.24. The number of ketones is 1. The van der Waals surface area contributed by atoms with E-state index in [-0.39, 0.29) is 24.3 Å². The lowest BCUT2D eigenvalue weighted by atomic mass is 10.0. The fourth-order valence-electron chi connectivity index (χ4n) is 1.32. The van der Waals surface area contributed by atoms with Gasteiger partial charge in [0.1, 0.15) is 6.10 Å². The van der Waals surface area contributed by atoms with Crippen LogP contribution in [0.4, 0.5) is 0 Å². The number of rotatable bonds is 3. The highest BCUT2D eigenvalue weighted by Crippen LogP contribution is 2.13. The minimum Gasteiger partial charge on any atom is -0.469 e. The minimum atomic E-state index is -0.382. The molecule has 1 saturated heterocycles. The number of hydrogen-bond acceptors (Lipinski definition) is 4. The Morgan fingerprint density at radius 2 is 2.46 bits per heavy atom. The number of Topliss-reactive ketones (excluding diaryl/α,β-unsaturated/α-hetero) is 1. The second-order valence-electron chi connectivity index (χ2n) is 3.04. The van der Waals surface area contributed by atoms with Crippen LogP contribution < -0.4 is 0 Å². The first kappa shape index (κ1) is 10.2. The fourth-order valence-corrected chi connectivity index (χ4v) is 1.32. The summed E-state index contributed by atoms with van der Waals surface area (Å²) in [5, 5.41) is 0. The molecule has 0 spiro atoms. The highest BCUT2D eigenvalue weighted by Gasteiger charge is 2.23. The Labute approximate surface area is 77.2 Å². The molecule has 0 aromatic rings. The number of hydrogen-bond donors (Lipinski definition) is 0. The van der Waals surface area contributed by atoms with E-state index in [1.807, 2.05) is 0 Å². The van der Waals surface area contributed by atoms with Crippen molar-refractivity contribution in [2.24, 2.45) is 0 Å². The average molecular weight is 186 g/mol. The third-order valence-corrected chi connectivity index (χ3v) is 2.08. The van der Waals surface area contributed by atoms with Gasteiger partial charge in [-0.25, -0.2) is 0 Å². The van der Waals surface area contributed by atoms with Gasteiger partial charge in [-0.15, -0.1) is 0 Å². The SMILES string of the molecule is COC(=O)CCC1OCCCC1=O. The zero-order valence-electron chi connectivity index (χ0n) is 7.75. The normalized spacial score (nSPS) is 22.8. The van der Waals surface area contributed by atoms with Gasteiger partial charge in [-0.1, -0.05) is 0 Å². The van der Waals surface area contributed by atoms with Crippen LogP contribution in [0.3, 0.4) is 0 Å². The molecule has 4 heteroatoms. The predicted octanol–water partition coefficient (Wildman–Crippen LogP) is 0.688. The van der Waals surface area contributed by atoms with Crippen molar-refractivity contribution in [3.05, 3.63) is 0 Å². The van der Waals surface area contributed by atoms with Crippen molar-refractivity contribution in [3.8, 4) is 0 Å². The molecule has 0 amide bonds. The Balaban J connectivity index is 2.26. The molecule has 0 saturated carbocycles. The summed E-state index contributed by atoms with van der Waals surface area (Å²) in [6.07, 6.45) is 1.70. The van der Waals surface area contributed by atoms with Crippen molar-refractivity contribution in [1.82, 2.24) is 0 Å². The summed E-state index contributed by atoms with van der Waals surface area (Å²) in [6, 6.07) is 0. The van der Waals surface area contributed by atoms with Gasteiger partial charge in [-0.3, -0.25) is 9.59 Å². The summed E-state index contributed by atoms with van der Waals surface area (Å²) in [5.74, 6) is -0.183. The van der Waals surface area contributed by atoms with Crippen LogP contribution in [0.15, 0.2) is 0 Å². The maximum absolute atomic E-state index is 11.2. The van der Waals surface area contributed by atoms with Gasteiger partial charge in [0.2, 0.25) is 0 Å². The molecular formula is C9H14O4. The van der Waals surface area contributed by atoms with E-state index in [1.165, 1.54) is 7.11 Å². The lowest BCUT2D eigenvalue weighted by Gasteiger charge is -2.20. The van der Waals surface area contributed by atoms with Crippen LogP contribution in [0.2, 0.25) is 0 Å². The van der Waals surface area contributed by atoms with Crippen molar-refractivity contribution < 1.29 is 19.1 Å². The van der Waals surface area contributed by atoms with E-state index in [4.69, 9.17) is 4.74 Å². The summed E-state index contributed by atoms with van der Waals surface area (Å²) < 4.78 is 9.70. The van der Waals surface area contributed by atoms with Gasteiger partial charge in [-0.05, 0) is 12.8 Å². The Morgan fingerprint density at radius 3 is 3.08 bits per heavy atom. The van der Waals surface area contributed by atoms with Crippen LogP contribution in [0, 0.1) is 0 Å². The molecule has 1 atom stereocenters. The van der Waals surface area contributed by atoms with Crippen molar-refractivity contribution in [3.63, 3.8) is 0 Å². The zero-order chi connectivity index (χ0) is 9.68. The van der Waals surface area contributed by atoms with E-state index < -0.39 is 0 Å². The molecule has 1 rings (SSSR count). The quantitative estimate of drug-likeness (QED) is 0.608. The van der Waals surface area contributed by atoms with Gasteiger partial charge in [0, 0.05) is 19.4 Å². The molecule has 0 bridgehead atoms. The summed E-state index contributed by atoms with van der Waals surface area (Å²) in [7, 11) is 1.34. The summed E-state index contributed by atoms with van der Waals surface area (Å²) >= 11 is 0. The Bertz CT molecular complexity index is 200. The summed E-state index contributed by atoms with van der Waals surface area (Å²) in [5.41, 5.74) is 0. The number of ether oxygens (including phenoxy) is 2. The molecule has 74 valence electrons. The largest absolute Gasteiger partial charge is 0.469 e. The molecule has 0 aromatic heterocycles. The van der Waals surface area contributed by atoms with Crippen LogP contribution in [-0.2, 0) is 19.1 Å². The standard InChI is InChI=1S/C9H14O4/c1-12-9(11)5-4-8-7(10)3-2-6-13-8/h8H,2-6H2,1H3. The van der Waals surface area contributed by atoms with Gasteiger partial charge in [0.15, 0.2) is 5.78 Å². The highest BCUT2D eigenvalue weighted by molar-refractivity contribution is 5.84. The summed E-state index contributed by atoms with van der Waals surface area (Å²) in [6.45, 7) is 0.623. The van der Waals surface area contributed by atoms with Crippen LogP contribution in [-0.4, -0.2) is 31.6 Å². The van der Waals surface area contributed by atoms with Gasteiger partial charge in [0.25, 0.3) is 0 Å². The maximum atomic E-state index is 11.2. The molecule has 0 radical (unpaired) electrons. The van der Waals surface area contributed by atoms with Gasteiger partial charge in [0.05, 0.1) is 7.11 Å². The second-order valence-corrected chi connectivity index (χ2v) is 3.04. The molecule has 0 aliphatic carbocycles. The summed E-state index contributed by atoms with van der Waals surface area (Å²) in [4.78, 5) is 22.0. The van der Waals surface area contributed by atoms with Crippen LogP contribution in [0.25, 0.3) is 0 Å². The van der Waals surface area contributed by atoms with Crippen LogP contribution in [0.1, 0.15) is 25.7 Å². The molecule has 4 nitrogen and oxygen atoms in total. The van der Waals surface area contributed by atoms with Gasteiger partial charge in [-0.2, -0.15) is 0 Å². The van der Waals surface area contributed by atoms with Crippen LogP contribution in [0.5, 0.6) is 0 Å². The van der Waals surface area contributed by atoms with E-state index in [9.17, 15) is 9.59 Å². The molecule has 1 unspecified atom stereocenters. The Morgan fingerprint density at radius 1 is 1.69 bits per heavy atom. The highest BCUT2D eigenvalue weighted by atomic mass is 16.5. The average Bonchev–Trinajstić information content (AvgIpc) is 2.16. The zero-order valence-corrected chi connectivity index (χ0v) is 7.75. The van der Waals surface area contributed by atoms with Crippen LogP contribution >= 0.6 is 0 Å². The third kappa shape index (κ3) is 3.14. The van der Waals surface area contributed by atoms with Crippen molar-refractivity contribution in [2.45, 2.75) is 31.8 Å². The van der Waals surface area contributed by atoms with E-state index >= 15 is 0 Å². The first-order valence-electron chi connectivity index (χ1n) is 4.45. The maximum Gasteiger partial charge on any atom is 0.305 e. The second kappa shape index (κ2) is 4.97. The number of carbonyl (C=O) groups is 2. The monoisotopic (exact) mass is 186 g/mol. The molecule has 0 aromatic carbocycles. The smallest absolute Gasteiger partial charge is 0.305 e. The molecule has 1 fully saturated rings. The van der Waals surface area contributed by atoms with E-state index in [2.05, 4.69) is 4.74 Å². The predicted molar refractivity (Wildman–Crippen MR) is 45.2 cm³/mol. The van der Waals surface area contributed by atoms with E-state index in [1.54, 1.807) is 0 Å².